The predicted molar refractivity (Wildman–Crippen MR) is 164 cm³/mol. The number of hydrogen-bond acceptors (Lipinski definition) is 10. The van der Waals surface area contributed by atoms with Crippen LogP contribution >= 0.6 is 0 Å². The molecule has 1 saturated heterocycles. The summed E-state index contributed by atoms with van der Waals surface area (Å²) in [6, 6.07) is 5.63. The van der Waals surface area contributed by atoms with Crippen LogP contribution in [0.4, 0.5) is 10.6 Å². The standard InChI is InChI=1S/C33H42N6O5/c1-20(24-11-9-17-39(24)5)42-27-18-23(21-13-14-26(34-19-21)36-31(41)43-32(2,3)4)35-30(37-27)28-22-10-8-16-33(29(22)44-38-28)15-7-6-12-25(33)40/h13-14,18-20,24H,6-12,15-17H2,1-5H3,(H,34,36,41)/t20-,24-,33+/m0/s1. The number of likely N-dealkylation sites (N-methyl/N-ethyl adjacent to an activating group) is 1. The zero-order valence-electron chi connectivity index (χ0n) is 26.3. The van der Waals surface area contributed by atoms with Gasteiger partial charge in [-0.3, -0.25) is 15.0 Å². The molecule has 6 rings (SSSR count). The second-order valence-corrected chi connectivity index (χ2v) is 13.4. The highest BCUT2D eigenvalue weighted by Crippen LogP contribution is 2.47. The smallest absolute Gasteiger partial charge is 0.413 e. The van der Waals surface area contributed by atoms with Crippen molar-refractivity contribution in [2.45, 2.75) is 109 Å². The Kier molecular flexibility index (Phi) is 8.17. The van der Waals surface area contributed by atoms with Crippen molar-refractivity contribution < 1.29 is 23.6 Å². The maximum atomic E-state index is 13.2. The number of rotatable bonds is 6. The molecule has 3 aliphatic rings. The van der Waals surface area contributed by atoms with Crippen molar-refractivity contribution in [3.8, 4) is 28.7 Å². The van der Waals surface area contributed by atoms with E-state index in [1.165, 1.54) is 0 Å². The lowest BCUT2D eigenvalue weighted by molar-refractivity contribution is -0.128. The van der Waals surface area contributed by atoms with Crippen molar-refractivity contribution in [2.75, 3.05) is 18.9 Å². The summed E-state index contributed by atoms with van der Waals surface area (Å²) in [5, 5.41) is 7.14. The van der Waals surface area contributed by atoms with Crippen molar-refractivity contribution in [1.29, 1.82) is 0 Å². The Bertz CT molecular complexity index is 1530. The van der Waals surface area contributed by atoms with Crippen LogP contribution in [-0.2, 0) is 21.4 Å². The number of nitrogens with one attached hydrogen (secondary N) is 1. The van der Waals surface area contributed by atoms with Crippen molar-refractivity contribution in [3.63, 3.8) is 0 Å². The molecule has 0 bridgehead atoms. The Morgan fingerprint density at radius 1 is 1.14 bits per heavy atom. The highest BCUT2D eigenvalue weighted by atomic mass is 16.6. The summed E-state index contributed by atoms with van der Waals surface area (Å²) in [5.74, 6) is 2.14. The van der Waals surface area contributed by atoms with Gasteiger partial charge < -0.3 is 14.0 Å². The molecule has 1 spiro atoms. The van der Waals surface area contributed by atoms with Gasteiger partial charge in [0.25, 0.3) is 0 Å². The molecule has 1 aliphatic heterocycles. The van der Waals surface area contributed by atoms with Crippen LogP contribution in [0.2, 0.25) is 0 Å². The average Bonchev–Trinajstić information content (AvgIpc) is 3.61. The molecule has 44 heavy (non-hydrogen) atoms. The van der Waals surface area contributed by atoms with Gasteiger partial charge >= 0.3 is 6.09 Å². The molecule has 1 saturated carbocycles. The van der Waals surface area contributed by atoms with Gasteiger partial charge in [-0.15, -0.1) is 0 Å². The first kappa shape index (κ1) is 30.2. The van der Waals surface area contributed by atoms with E-state index in [-0.39, 0.29) is 17.9 Å². The summed E-state index contributed by atoms with van der Waals surface area (Å²) in [5.41, 5.74) is 1.60. The molecule has 11 heteroatoms. The largest absolute Gasteiger partial charge is 0.473 e. The molecule has 0 radical (unpaired) electrons. The number of fused-ring (bicyclic) bond motifs is 2. The lowest BCUT2D eigenvalue weighted by Gasteiger charge is -2.36. The highest BCUT2D eigenvalue weighted by Gasteiger charge is 2.48. The Morgan fingerprint density at radius 2 is 1.95 bits per heavy atom. The molecular weight excluding hydrogens is 560 g/mol. The maximum absolute atomic E-state index is 13.2. The molecule has 0 aromatic carbocycles. The lowest BCUT2D eigenvalue weighted by Crippen LogP contribution is -2.41. The minimum absolute atomic E-state index is 0.0917. The Balaban J connectivity index is 1.35. The number of aromatic nitrogens is 4. The van der Waals surface area contributed by atoms with Gasteiger partial charge in [-0.05, 0) is 98.4 Å². The first-order chi connectivity index (χ1) is 21.0. The van der Waals surface area contributed by atoms with Crippen LogP contribution in [0, 0.1) is 0 Å². The summed E-state index contributed by atoms with van der Waals surface area (Å²) in [4.78, 5) is 42.0. The molecule has 3 aromatic heterocycles. The summed E-state index contributed by atoms with van der Waals surface area (Å²) < 4.78 is 17.8. The molecule has 0 unspecified atom stereocenters. The van der Waals surface area contributed by atoms with Gasteiger partial charge in [-0.25, -0.2) is 14.8 Å². The van der Waals surface area contributed by atoms with Crippen LogP contribution in [0.15, 0.2) is 28.9 Å². The fraction of sp³-hybridized carbons (Fsp3) is 0.576. The van der Waals surface area contributed by atoms with Crippen LogP contribution in [0.25, 0.3) is 22.8 Å². The first-order valence-corrected chi connectivity index (χ1v) is 15.8. The number of pyridine rings is 1. The van der Waals surface area contributed by atoms with Gasteiger partial charge in [0.1, 0.15) is 23.3 Å². The molecule has 3 aromatic rings. The number of amides is 1. The molecule has 11 nitrogen and oxygen atoms in total. The number of carbonyl (C=O) groups excluding carboxylic acids is 2. The number of likely N-dealkylation sites (tertiary alicyclic amines) is 1. The third-order valence-electron chi connectivity index (χ3n) is 9.07. The highest BCUT2D eigenvalue weighted by molar-refractivity contribution is 5.91. The van der Waals surface area contributed by atoms with E-state index in [0.29, 0.717) is 41.1 Å². The van der Waals surface area contributed by atoms with Crippen LogP contribution < -0.4 is 10.1 Å². The number of nitrogens with zero attached hydrogens (tertiary/aromatic N) is 5. The van der Waals surface area contributed by atoms with E-state index in [2.05, 4.69) is 34.3 Å². The number of hydrogen-bond donors (Lipinski definition) is 1. The van der Waals surface area contributed by atoms with Crippen molar-refractivity contribution in [2.24, 2.45) is 0 Å². The van der Waals surface area contributed by atoms with Gasteiger partial charge in [0.15, 0.2) is 17.3 Å². The number of ether oxygens (including phenoxy) is 2. The molecule has 2 aliphatic carbocycles. The maximum Gasteiger partial charge on any atom is 0.413 e. The van der Waals surface area contributed by atoms with Gasteiger partial charge in [0.2, 0.25) is 5.88 Å². The number of anilines is 1. The Labute approximate surface area is 258 Å². The van der Waals surface area contributed by atoms with Crippen molar-refractivity contribution >= 4 is 17.7 Å². The van der Waals surface area contributed by atoms with Crippen LogP contribution in [0.5, 0.6) is 5.88 Å². The minimum atomic E-state index is -0.619. The zero-order chi connectivity index (χ0) is 31.1. The summed E-state index contributed by atoms with van der Waals surface area (Å²) >= 11 is 0. The van der Waals surface area contributed by atoms with Crippen molar-refractivity contribution in [3.05, 3.63) is 35.7 Å². The monoisotopic (exact) mass is 602 g/mol. The van der Waals surface area contributed by atoms with E-state index in [1.54, 1.807) is 33.0 Å². The fourth-order valence-electron chi connectivity index (χ4n) is 6.93. The lowest BCUT2D eigenvalue weighted by atomic mass is 9.64. The van der Waals surface area contributed by atoms with Crippen LogP contribution in [0.3, 0.4) is 0 Å². The molecule has 2 fully saturated rings. The molecule has 3 atom stereocenters. The topological polar surface area (TPSA) is 133 Å². The predicted octanol–water partition coefficient (Wildman–Crippen LogP) is 6.12. The molecule has 4 heterocycles. The van der Waals surface area contributed by atoms with Gasteiger partial charge in [-0.2, -0.15) is 4.98 Å². The molecule has 1 amide bonds. The van der Waals surface area contributed by atoms with E-state index in [1.807, 2.05) is 12.1 Å². The summed E-state index contributed by atoms with van der Waals surface area (Å²) in [6.07, 6.45) is 8.92. The summed E-state index contributed by atoms with van der Waals surface area (Å²) in [7, 11) is 2.12. The van der Waals surface area contributed by atoms with Gasteiger partial charge in [0, 0.05) is 35.9 Å². The molecule has 1 N–H and O–H groups in total. The van der Waals surface area contributed by atoms with E-state index in [0.717, 1.165) is 69.0 Å². The third kappa shape index (κ3) is 6.06. The number of Topliss-reactive ketones (excluding diaryl/α,β-unsaturated/α-hetero) is 1. The SMILES string of the molecule is C[C@H](Oc1cc(-c2ccc(NC(=O)OC(C)(C)C)nc2)nc(-c2noc3c2CCC[C@@]32CCCCC2=O)n1)[C@@H]1CCCN1C. The Morgan fingerprint density at radius 3 is 2.66 bits per heavy atom. The quantitative estimate of drug-likeness (QED) is 0.352. The second kappa shape index (κ2) is 11.9. The van der Waals surface area contributed by atoms with Gasteiger partial charge in [0.05, 0.1) is 11.1 Å². The Hall–Kier alpha value is -3.86. The number of ketones is 1. The van der Waals surface area contributed by atoms with E-state index in [4.69, 9.17) is 24.0 Å². The number of carbonyl (C=O) groups is 2. The van der Waals surface area contributed by atoms with E-state index in [9.17, 15) is 9.59 Å². The van der Waals surface area contributed by atoms with Crippen LogP contribution in [-0.4, -0.2) is 68.2 Å². The van der Waals surface area contributed by atoms with Crippen molar-refractivity contribution in [1.82, 2.24) is 25.0 Å². The average molecular weight is 603 g/mol. The molecular formula is C33H42N6O5. The first-order valence-electron chi connectivity index (χ1n) is 15.8. The van der Waals surface area contributed by atoms with E-state index < -0.39 is 17.1 Å². The third-order valence-corrected chi connectivity index (χ3v) is 9.07. The summed E-state index contributed by atoms with van der Waals surface area (Å²) in [6.45, 7) is 8.53. The normalized spacial score (nSPS) is 22.9. The fourth-order valence-corrected chi connectivity index (χ4v) is 6.93. The van der Waals surface area contributed by atoms with Gasteiger partial charge in [-0.1, -0.05) is 11.6 Å². The van der Waals surface area contributed by atoms with E-state index >= 15 is 0 Å². The van der Waals surface area contributed by atoms with Crippen LogP contribution in [0.1, 0.15) is 90.4 Å². The molecule has 234 valence electrons. The second-order valence-electron chi connectivity index (χ2n) is 13.4. The zero-order valence-corrected chi connectivity index (χ0v) is 26.3. The minimum Gasteiger partial charge on any atom is -0.473 e.